The molecule has 0 aromatic carbocycles. The second kappa shape index (κ2) is 5.57. The van der Waals surface area contributed by atoms with Crippen molar-refractivity contribution in [2.24, 2.45) is 0 Å². The number of alkyl halides is 1. The SMILES string of the molecule is Cl.ClCCCc1ncc[nH]1. The topological polar surface area (TPSA) is 28.7 Å². The van der Waals surface area contributed by atoms with E-state index in [-0.39, 0.29) is 12.4 Å². The van der Waals surface area contributed by atoms with Gasteiger partial charge in [0.1, 0.15) is 5.82 Å². The Morgan fingerprint density at radius 1 is 1.60 bits per heavy atom. The molecule has 0 spiro atoms. The molecule has 0 bridgehead atoms. The molecule has 58 valence electrons. The van der Waals surface area contributed by atoms with Gasteiger partial charge < -0.3 is 4.98 Å². The van der Waals surface area contributed by atoms with Crippen LogP contribution in [-0.2, 0) is 6.42 Å². The average molecular weight is 181 g/mol. The van der Waals surface area contributed by atoms with Crippen molar-refractivity contribution in [3.63, 3.8) is 0 Å². The zero-order valence-corrected chi connectivity index (χ0v) is 7.08. The van der Waals surface area contributed by atoms with Crippen LogP contribution < -0.4 is 0 Å². The van der Waals surface area contributed by atoms with Crippen LogP contribution in [0.4, 0.5) is 0 Å². The van der Waals surface area contributed by atoms with Gasteiger partial charge >= 0.3 is 0 Å². The summed E-state index contributed by atoms with van der Waals surface area (Å²) in [5.41, 5.74) is 0. The minimum absolute atomic E-state index is 0. The summed E-state index contributed by atoms with van der Waals surface area (Å²) in [7, 11) is 0. The number of imidazole rings is 1. The molecule has 2 nitrogen and oxygen atoms in total. The minimum atomic E-state index is 0. The third kappa shape index (κ3) is 3.08. The van der Waals surface area contributed by atoms with E-state index in [4.69, 9.17) is 11.6 Å². The predicted molar refractivity (Wildman–Crippen MR) is 44.9 cm³/mol. The van der Waals surface area contributed by atoms with Crippen LogP contribution in [0.2, 0.25) is 0 Å². The lowest BCUT2D eigenvalue weighted by Gasteiger charge is -1.89. The molecule has 0 unspecified atom stereocenters. The second-order valence-electron chi connectivity index (χ2n) is 1.83. The van der Waals surface area contributed by atoms with Crippen LogP contribution in [0.1, 0.15) is 12.2 Å². The van der Waals surface area contributed by atoms with Crippen molar-refractivity contribution in [2.75, 3.05) is 5.88 Å². The fourth-order valence-electron chi connectivity index (χ4n) is 0.669. The van der Waals surface area contributed by atoms with Gasteiger partial charge in [-0.15, -0.1) is 24.0 Å². The number of hydrogen-bond donors (Lipinski definition) is 1. The van der Waals surface area contributed by atoms with Gasteiger partial charge in [0.05, 0.1) is 0 Å². The van der Waals surface area contributed by atoms with Crippen LogP contribution >= 0.6 is 24.0 Å². The lowest BCUT2D eigenvalue weighted by atomic mass is 10.3. The highest BCUT2D eigenvalue weighted by Gasteiger charge is 1.90. The number of nitrogens with one attached hydrogen (secondary N) is 1. The first-order valence-electron chi connectivity index (χ1n) is 2.97. The third-order valence-corrected chi connectivity index (χ3v) is 1.37. The lowest BCUT2D eigenvalue weighted by Crippen LogP contribution is -1.87. The molecule has 0 radical (unpaired) electrons. The van der Waals surface area contributed by atoms with E-state index in [1.807, 2.05) is 6.20 Å². The first-order valence-corrected chi connectivity index (χ1v) is 3.51. The maximum atomic E-state index is 5.48. The van der Waals surface area contributed by atoms with Crippen LogP contribution in [-0.4, -0.2) is 15.8 Å². The van der Waals surface area contributed by atoms with Crippen molar-refractivity contribution < 1.29 is 0 Å². The summed E-state index contributed by atoms with van der Waals surface area (Å²) < 4.78 is 0. The number of halogens is 2. The van der Waals surface area contributed by atoms with E-state index >= 15 is 0 Å². The van der Waals surface area contributed by atoms with Crippen molar-refractivity contribution >= 4 is 24.0 Å². The first-order chi connectivity index (χ1) is 4.43. The van der Waals surface area contributed by atoms with Gasteiger partial charge in [0.15, 0.2) is 0 Å². The van der Waals surface area contributed by atoms with Gasteiger partial charge in [0.2, 0.25) is 0 Å². The van der Waals surface area contributed by atoms with Crippen molar-refractivity contribution in [1.29, 1.82) is 0 Å². The number of rotatable bonds is 3. The number of hydrogen-bond acceptors (Lipinski definition) is 1. The molecule has 1 heterocycles. The van der Waals surface area contributed by atoms with E-state index in [2.05, 4.69) is 9.97 Å². The molecule has 1 N–H and O–H groups in total. The largest absolute Gasteiger partial charge is 0.349 e. The van der Waals surface area contributed by atoms with E-state index < -0.39 is 0 Å². The summed E-state index contributed by atoms with van der Waals surface area (Å²) in [6.45, 7) is 0. The van der Waals surface area contributed by atoms with Crippen LogP contribution in [0, 0.1) is 0 Å². The molecule has 1 rings (SSSR count). The van der Waals surface area contributed by atoms with Crippen LogP contribution in [0.25, 0.3) is 0 Å². The molecule has 1 aromatic rings. The molecule has 0 aliphatic carbocycles. The fraction of sp³-hybridized carbons (Fsp3) is 0.500. The average Bonchev–Trinajstić information content (AvgIpc) is 2.34. The smallest absolute Gasteiger partial charge is 0.106 e. The Hall–Kier alpha value is -0.210. The molecule has 0 atom stereocenters. The molecule has 0 amide bonds. The number of aryl methyl sites for hydroxylation is 1. The van der Waals surface area contributed by atoms with E-state index in [9.17, 15) is 0 Å². The Labute approximate surface area is 71.4 Å². The van der Waals surface area contributed by atoms with Gasteiger partial charge in [-0.25, -0.2) is 4.98 Å². The highest BCUT2D eigenvalue weighted by atomic mass is 35.5. The monoisotopic (exact) mass is 180 g/mol. The number of aromatic nitrogens is 2. The molecule has 0 aliphatic heterocycles. The number of aromatic amines is 1. The van der Waals surface area contributed by atoms with Gasteiger partial charge in [0, 0.05) is 24.7 Å². The molecule has 0 saturated heterocycles. The Morgan fingerprint density at radius 2 is 2.40 bits per heavy atom. The molecular formula is C6H10Cl2N2. The predicted octanol–water partition coefficient (Wildman–Crippen LogP) is 2.00. The molecule has 0 saturated carbocycles. The van der Waals surface area contributed by atoms with Crippen molar-refractivity contribution in [3.05, 3.63) is 18.2 Å². The Morgan fingerprint density at radius 3 is 2.90 bits per heavy atom. The highest BCUT2D eigenvalue weighted by molar-refractivity contribution is 6.17. The minimum Gasteiger partial charge on any atom is -0.349 e. The van der Waals surface area contributed by atoms with Gasteiger partial charge in [-0.2, -0.15) is 0 Å². The van der Waals surface area contributed by atoms with Gasteiger partial charge in [-0.3, -0.25) is 0 Å². The normalized spacial score (nSPS) is 8.90. The Kier molecular flexibility index (Phi) is 5.45. The summed E-state index contributed by atoms with van der Waals surface area (Å²) in [5, 5.41) is 0. The fourth-order valence-corrected chi connectivity index (χ4v) is 0.803. The lowest BCUT2D eigenvalue weighted by molar-refractivity contribution is 0.862. The highest BCUT2D eigenvalue weighted by Crippen LogP contribution is 1.95. The molecule has 1 aromatic heterocycles. The molecule has 10 heavy (non-hydrogen) atoms. The maximum absolute atomic E-state index is 5.48. The third-order valence-electron chi connectivity index (χ3n) is 1.10. The summed E-state index contributed by atoms with van der Waals surface area (Å²) in [6, 6.07) is 0. The maximum Gasteiger partial charge on any atom is 0.106 e. The van der Waals surface area contributed by atoms with Gasteiger partial charge in [0.25, 0.3) is 0 Å². The molecule has 4 heteroatoms. The van der Waals surface area contributed by atoms with Crippen LogP contribution in [0.15, 0.2) is 12.4 Å². The molecular weight excluding hydrogens is 171 g/mol. The molecule has 0 aliphatic rings. The van der Waals surface area contributed by atoms with E-state index in [1.54, 1.807) is 6.20 Å². The summed E-state index contributed by atoms with van der Waals surface area (Å²) in [5.74, 6) is 1.73. The van der Waals surface area contributed by atoms with Crippen molar-refractivity contribution in [1.82, 2.24) is 9.97 Å². The quantitative estimate of drug-likeness (QED) is 0.709. The summed E-state index contributed by atoms with van der Waals surface area (Å²) in [6.07, 6.45) is 5.53. The van der Waals surface area contributed by atoms with Crippen molar-refractivity contribution in [3.8, 4) is 0 Å². The second-order valence-corrected chi connectivity index (χ2v) is 2.21. The standard InChI is InChI=1S/C6H9ClN2.ClH/c7-3-1-2-6-8-4-5-9-6;/h4-5H,1-3H2,(H,8,9);1H. The zero-order valence-electron chi connectivity index (χ0n) is 5.51. The van der Waals surface area contributed by atoms with Crippen LogP contribution in [0.5, 0.6) is 0 Å². The van der Waals surface area contributed by atoms with Crippen LogP contribution in [0.3, 0.4) is 0 Å². The summed E-state index contributed by atoms with van der Waals surface area (Å²) >= 11 is 5.48. The van der Waals surface area contributed by atoms with Gasteiger partial charge in [-0.05, 0) is 6.42 Å². The number of H-pyrrole nitrogens is 1. The molecule has 0 fully saturated rings. The zero-order chi connectivity index (χ0) is 6.53. The Bertz CT molecular complexity index is 151. The van der Waals surface area contributed by atoms with E-state index in [1.165, 1.54) is 0 Å². The Balaban J connectivity index is 0.000000810. The van der Waals surface area contributed by atoms with Gasteiger partial charge in [-0.1, -0.05) is 0 Å². The number of nitrogens with zero attached hydrogens (tertiary/aromatic N) is 1. The summed E-state index contributed by atoms with van der Waals surface area (Å²) in [4.78, 5) is 7.04. The van der Waals surface area contributed by atoms with Crippen molar-refractivity contribution in [2.45, 2.75) is 12.8 Å². The van der Waals surface area contributed by atoms with E-state index in [0.717, 1.165) is 18.7 Å². The van der Waals surface area contributed by atoms with E-state index in [0.29, 0.717) is 5.88 Å². The first kappa shape index (κ1) is 9.79.